The average molecular weight is 434 g/mol. The molecule has 0 saturated carbocycles. The Labute approximate surface area is 143 Å². The van der Waals surface area contributed by atoms with Crippen molar-refractivity contribution < 1.29 is 4.79 Å². The summed E-state index contributed by atoms with van der Waals surface area (Å²) in [6.45, 7) is 0. The highest BCUT2D eigenvalue weighted by atomic mass is 79.9. The first-order valence-corrected chi connectivity index (χ1v) is 8.34. The number of benzene rings is 1. The number of hydrogen-bond donors (Lipinski definition) is 1. The van der Waals surface area contributed by atoms with Crippen LogP contribution in [0.3, 0.4) is 0 Å². The molecular formula is C13H10Br2N2OS2. The molecule has 2 rings (SSSR count). The Kier molecular flexibility index (Phi) is 4.95. The van der Waals surface area contributed by atoms with Crippen molar-refractivity contribution in [1.29, 1.82) is 0 Å². The molecule has 0 atom stereocenters. The fourth-order valence-electron chi connectivity index (χ4n) is 1.65. The molecule has 7 heteroatoms. The standard InChI is InChI=1S/C13H10Br2N2OS2/c1-17(8-4-2-3-7(5-8)12(16)19)13(18)9-6-10(14)20-11(9)15/h2-6H,1H3,(H2,16,19). The van der Waals surface area contributed by atoms with Gasteiger partial charge in [0.1, 0.15) is 4.99 Å². The normalized spacial score (nSPS) is 10.3. The largest absolute Gasteiger partial charge is 0.389 e. The number of rotatable bonds is 3. The Morgan fingerprint density at radius 3 is 2.60 bits per heavy atom. The first-order valence-electron chi connectivity index (χ1n) is 5.53. The molecule has 0 aliphatic heterocycles. The quantitative estimate of drug-likeness (QED) is 0.738. The van der Waals surface area contributed by atoms with E-state index in [-0.39, 0.29) is 5.91 Å². The van der Waals surface area contributed by atoms with Crippen LogP contribution in [0.5, 0.6) is 0 Å². The van der Waals surface area contributed by atoms with Crippen LogP contribution in [-0.4, -0.2) is 17.9 Å². The summed E-state index contributed by atoms with van der Waals surface area (Å²) in [5, 5.41) is 0. The lowest BCUT2D eigenvalue weighted by atomic mass is 10.2. The molecule has 104 valence electrons. The van der Waals surface area contributed by atoms with Gasteiger partial charge in [-0.2, -0.15) is 0 Å². The smallest absolute Gasteiger partial charge is 0.260 e. The Morgan fingerprint density at radius 2 is 2.05 bits per heavy atom. The van der Waals surface area contributed by atoms with Gasteiger partial charge < -0.3 is 10.6 Å². The second-order valence-electron chi connectivity index (χ2n) is 4.02. The number of nitrogens with two attached hydrogens (primary N) is 1. The molecule has 2 N–H and O–H groups in total. The minimum Gasteiger partial charge on any atom is -0.389 e. The lowest BCUT2D eigenvalue weighted by molar-refractivity contribution is 0.0993. The van der Waals surface area contributed by atoms with Crippen LogP contribution in [0.2, 0.25) is 0 Å². The van der Waals surface area contributed by atoms with Gasteiger partial charge in [-0.15, -0.1) is 11.3 Å². The third-order valence-electron chi connectivity index (χ3n) is 2.71. The molecule has 0 spiro atoms. The van der Waals surface area contributed by atoms with E-state index in [0.29, 0.717) is 10.6 Å². The van der Waals surface area contributed by atoms with Crippen LogP contribution in [0.15, 0.2) is 37.9 Å². The predicted molar refractivity (Wildman–Crippen MR) is 94.8 cm³/mol. The number of carbonyl (C=O) groups excluding carboxylic acids is 1. The number of anilines is 1. The number of thiophene rings is 1. The van der Waals surface area contributed by atoms with E-state index in [1.165, 1.54) is 11.3 Å². The first-order chi connectivity index (χ1) is 9.40. The summed E-state index contributed by atoms with van der Waals surface area (Å²) in [5.41, 5.74) is 7.71. The van der Waals surface area contributed by atoms with Crippen molar-refractivity contribution in [2.75, 3.05) is 11.9 Å². The summed E-state index contributed by atoms with van der Waals surface area (Å²) in [5.74, 6) is -0.0982. The van der Waals surface area contributed by atoms with E-state index in [1.54, 1.807) is 24.1 Å². The molecular weight excluding hydrogens is 424 g/mol. The lowest BCUT2D eigenvalue weighted by Gasteiger charge is -2.17. The first kappa shape index (κ1) is 15.6. The minimum absolute atomic E-state index is 0.0982. The van der Waals surface area contributed by atoms with Crippen molar-refractivity contribution in [3.63, 3.8) is 0 Å². The van der Waals surface area contributed by atoms with Crippen molar-refractivity contribution in [2.45, 2.75) is 0 Å². The van der Waals surface area contributed by atoms with E-state index in [9.17, 15) is 4.79 Å². The summed E-state index contributed by atoms with van der Waals surface area (Å²) < 4.78 is 1.70. The van der Waals surface area contributed by atoms with Gasteiger partial charge in [-0.25, -0.2) is 0 Å². The second kappa shape index (κ2) is 6.34. The molecule has 0 aliphatic rings. The second-order valence-corrected chi connectivity index (χ2v) is 8.21. The highest BCUT2D eigenvalue weighted by Gasteiger charge is 2.19. The van der Waals surface area contributed by atoms with Crippen molar-refractivity contribution in [2.24, 2.45) is 5.73 Å². The Morgan fingerprint density at radius 1 is 1.35 bits per heavy atom. The van der Waals surface area contributed by atoms with Crippen molar-refractivity contribution in [3.8, 4) is 0 Å². The van der Waals surface area contributed by atoms with Crippen LogP contribution in [0.1, 0.15) is 15.9 Å². The molecule has 0 saturated heterocycles. The lowest BCUT2D eigenvalue weighted by Crippen LogP contribution is -2.26. The fraction of sp³-hybridized carbons (Fsp3) is 0.0769. The van der Waals surface area contributed by atoms with E-state index in [0.717, 1.165) is 18.8 Å². The van der Waals surface area contributed by atoms with Gasteiger partial charge in [-0.05, 0) is 50.1 Å². The number of amides is 1. The molecule has 2 aromatic rings. The Balaban J connectivity index is 2.33. The van der Waals surface area contributed by atoms with E-state index >= 15 is 0 Å². The summed E-state index contributed by atoms with van der Waals surface area (Å²) in [7, 11) is 1.72. The maximum absolute atomic E-state index is 12.5. The topological polar surface area (TPSA) is 46.3 Å². The van der Waals surface area contributed by atoms with Crippen LogP contribution in [0.25, 0.3) is 0 Å². The third-order valence-corrected chi connectivity index (χ3v) is 5.28. The Bertz CT molecular complexity index is 685. The third kappa shape index (κ3) is 3.28. The molecule has 1 amide bonds. The zero-order chi connectivity index (χ0) is 14.9. The van der Waals surface area contributed by atoms with Gasteiger partial charge in [-0.1, -0.05) is 24.4 Å². The molecule has 0 radical (unpaired) electrons. The van der Waals surface area contributed by atoms with Gasteiger partial charge >= 0.3 is 0 Å². The van der Waals surface area contributed by atoms with Gasteiger partial charge in [0.15, 0.2) is 0 Å². The molecule has 0 bridgehead atoms. The maximum Gasteiger partial charge on any atom is 0.260 e. The van der Waals surface area contributed by atoms with Gasteiger partial charge in [0, 0.05) is 18.3 Å². The SMILES string of the molecule is CN(C(=O)c1cc(Br)sc1Br)c1cccc(C(N)=S)c1. The summed E-state index contributed by atoms with van der Waals surface area (Å²) in [6, 6.07) is 9.09. The summed E-state index contributed by atoms with van der Waals surface area (Å²) >= 11 is 13.2. The zero-order valence-corrected chi connectivity index (χ0v) is 15.2. The monoisotopic (exact) mass is 432 g/mol. The highest BCUT2D eigenvalue weighted by molar-refractivity contribution is 9.12. The fourth-order valence-corrected chi connectivity index (χ4v) is 4.56. The zero-order valence-electron chi connectivity index (χ0n) is 10.4. The van der Waals surface area contributed by atoms with Gasteiger partial charge in [0.25, 0.3) is 5.91 Å². The van der Waals surface area contributed by atoms with E-state index in [2.05, 4.69) is 31.9 Å². The Hall–Kier alpha value is -0.760. The van der Waals surface area contributed by atoms with E-state index < -0.39 is 0 Å². The van der Waals surface area contributed by atoms with Gasteiger partial charge in [0.2, 0.25) is 0 Å². The molecule has 0 fully saturated rings. The molecule has 0 unspecified atom stereocenters. The van der Waals surface area contributed by atoms with Crippen LogP contribution in [-0.2, 0) is 0 Å². The van der Waals surface area contributed by atoms with Crippen LogP contribution < -0.4 is 10.6 Å². The number of thiocarbonyl (C=S) groups is 1. The number of nitrogens with zero attached hydrogens (tertiary/aromatic N) is 1. The number of carbonyl (C=O) groups is 1. The highest BCUT2D eigenvalue weighted by Crippen LogP contribution is 2.33. The van der Waals surface area contributed by atoms with Crippen molar-refractivity contribution in [3.05, 3.63) is 49.0 Å². The summed E-state index contributed by atoms with van der Waals surface area (Å²) in [6.07, 6.45) is 0. The van der Waals surface area contributed by atoms with Crippen LogP contribution in [0, 0.1) is 0 Å². The number of hydrogen-bond acceptors (Lipinski definition) is 3. The molecule has 20 heavy (non-hydrogen) atoms. The van der Waals surface area contributed by atoms with Crippen LogP contribution in [0.4, 0.5) is 5.69 Å². The summed E-state index contributed by atoms with van der Waals surface area (Å²) in [4.78, 5) is 14.4. The van der Waals surface area contributed by atoms with Crippen molar-refractivity contribution >= 4 is 72.0 Å². The minimum atomic E-state index is -0.0982. The predicted octanol–water partition coefficient (Wildman–Crippen LogP) is 4.18. The van der Waals surface area contributed by atoms with Gasteiger partial charge in [0.05, 0.1) is 13.1 Å². The molecule has 1 aromatic heterocycles. The average Bonchev–Trinajstić information content (AvgIpc) is 2.76. The molecule has 1 heterocycles. The van der Waals surface area contributed by atoms with Crippen LogP contribution >= 0.6 is 55.4 Å². The van der Waals surface area contributed by atoms with E-state index in [4.69, 9.17) is 18.0 Å². The molecule has 1 aromatic carbocycles. The maximum atomic E-state index is 12.5. The molecule has 3 nitrogen and oxygen atoms in total. The van der Waals surface area contributed by atoms with E-state index in [1.807, 2.05) is 18.2 Å². The number of halogens is 2. The molecule has 0 aliphatic carbocycles. The van der Waals surface area contributed by atoms with Crippen molar-refractivity contribution in [1.82, 2.24) is 0 Å². The van der Waals surface area contributed by atoms with Gasteiger partial charge in [-0.3, -0.25) is 4.79 Å².